The summed E-state index contributed by atoms with van der Waals surface area (Å²) in [4.78, 5) is 13.6. The van der Waals surface area contributed by atoms with Gasteiger partial charge in [0, 0.05) is 13.0 Å². The average Bonchev–Trinajstić information content (AvgIpc) is 2.59. The molecule has 0 fully saturated rings. The number of aryl methyl sites for hydroxylation is 2. The number of carbonyl (C=O) groups is 1. The lowest BCUT2D eigenvalue weighted by molar-refractivity contribution is -0.116. The van der Waals surface area contributed by atoms with Gasteiger partial charge in [-0.25, -0.2) is 8.42 Å². The Bertz CT molecular complexity index is 978. The van der Waals surface area contributed by atoms with Crippen LogP contribution < -0.4 is 19.1 Å². The second-order valence-corrected chi connectivity index (χ2v) is 8.02. The van der Waals surface area contributed by atoms with Crippen LogP contribution in [-0.2, 0) is 14.8 Å². The van der Waals surface area contributed by atoms with E-state index >= 15 is 0 Å². The second kappa shape index (κ2) is 7.11. The molecular formula is C19H22N2O5S. The van der Waals surface area contributed by atoms with Gasteiger partial charge in [-0.3, -0.25) is 9.52 Å². The summed E-state index contributed by atoms with van der Waals surface area (Å²) >= 11 is 0. The summed E-state index contributed by atoms with van der Waals surface area (Å²) in [5.74, 6) is 0.993. The van der Waals surface area contributed by atoms with Crippen molar-refractivity contribution in [3.63, 3.8) is 0 Å². The minimum atomic E-state index is -3.80. The van der Waals surface area contributed by atoms with Gasteiger partial charge in [0.05, 0.1) is 29.9 Å². The number of amides is 1. The molecule has 27 heavy (non-hydrogen) atoms. The first-order valence-electron chi connectivity index (χ1n) is 8.46. The van der Waals surface area contributed by atoms with E-state index in [-0.39, 0.29) is 10.8 Å². The maximum Gasteiger partial charge on any atom is 0.262 e. The van der Waals surface area contributed by atoms with E-state index in [2.05, 4.69) is 4.72 Å². The molecule has 8 heteroatoms. The number of methoxy groups -OCH3 is 1. The number of sulfonamides is 1. The Balaban J connectivity index is 1.95. The maximum atomic E-state index is 12.9. The van der Waals surface area contributed by atoms with Crippen molar-refractivity contribution in [2.75, 3.05) is 29.9 Å². The van der Waals surface area contributed by atoms with E-state index in [4.69, 9.17) is 9.47 Å². The smallest absolute Gasteiger partial charge is 0.262 e. The zero-order valence-corrected chi connectivity index (χ0v) is 16.5. The number of nitrogens with zero attached hydrogens (tertiary/aromatic N) is 1. The number of fused-ring (bicyclic) bond motifs is 1. The molecule has 1 aliphatic heterocycles. The molecule has 2 aromatic carbocycles. The van der Waals surface area contributed by atoms with Gasteiger partial charge in [-0.05, 0) is 49.2 Å². The maximum absolute atomic E-state index is 12.9. The highest BCUT2D eigenvalue weighted by atomic mass is 32.2. The Kier molecular flexibility index (Phi) is 5.01. The van der Waals surface area contributed by atoms with Gasteiger partial charge in [-0.2, -0.15) is 0 Å². The van der Waals surface area contributed by atoms with Crippen LogP contribution >= 0.6 is 0 Å². The summed E-state index contributed by atoms with van der Waals surface area (Å²) in [6.45, 7) is 5.77. The SMILES string of the molecule is COc1cc(C)c(S(=O)(=O)Nc2ccc3c(c2)OCCN3C(C)=O)c(C)c1. The largest absolute Gasteiger partial charge is 0.497 e. The zero-order chi connectivity index (χ0) is 19.8. The van der Waals surface area contributed by atoms with Crippen LogP contribution in [-0.4, -0.2) is 34.6 Å². The van der Waals surface area contributed by atoms with E-state index < -0.39 is 10.0 Å². The highest BCUT2D eigenvalue weighted by Crippen LogP contribution is 2.35. The van der Waals surface area contributed by atoms with Gasteiger partial charge in [-0.1, -0.05) is 0 Å². The fourth-order valence-electron chi connectivity index (χ4n) is 3.27. The zero-order valence-electron chi connectivity index (χ0n) is 15.7. The third kappa shape index (κ3) is 3.71. The molecule has 2 aromatic rings. The minimum Gasteiger partial charge on any atom is -0.497 e. The van der Waals surface area contributed by atoms with Crippen LogP contribution in [0.25, 0.3) is 0 Å². The summed E-state index contributed by atoms with van der Waals surface area (Å²) < 4.78 is 39.2. The van der Waals surface area contributed by atoms with E-state index in [0.29, 0.717) is 47.2 Å². The lowest BCUT2D eigenvalue weighted by atomic mass is 10.1. The first-order valence-corrected chi connectivity index (χ1v) is 9.94. The third-order valence-electron chi connectivity index (χ3n) is 4.39. The molecule has 0 atom stereocenters. The number of carbonyl (C=O) groups excluding carboxylic acids is 1. The molecule has 1 N–H and O–H groups in total. The van der Waals surface area contributed by atoms with Gasteiger partial charge in [-0.15, -0.1) is 0 Å². The van der Waals surface area contributed by atoms with Crippen molar-refractivity contribution in [2.24, 2.45) is 0 Å². The Morgan fingerprint density at radius 3 is 2.44 bits per heavy atom. The Morgan fingerprint density at radius 2 is 1.85 bits per heavy atom. The summed E-state index contributed by atoms with van der Waals surface area (Å²) in [5, 5.41) is 0. The fourth-order valence-corrected chi connectivity index (χ4v) is 4.77. The van der Waals surface area contributed by atoms with E-state index in [0.717, 1.165) is 0 Å². The Morgan fingerprint density at radius 1 is 1.19 bits per heavy atom. The van der Waals surface area contributed by atoms with Crippen molar-refractivity contribution < 1.29 is 22.7 Å². The molecule has 1 heterocycles. The predicted octanol–water partition coefficient (Wildman–Crippen LogP) is 2.86. The number of hydrogen-bond acceptors (Lipinski definition) is 5. The van der Waals surface area contributed by atoms with Gasteiger partial charge in [0.25, 0.3) is 10.0 Å². The number of ether oxygens (including phenoxy) is 2. The summed E-state index contributed by atoms with van der Waals surface area (Å²) in [6.07, 6.45) is 0. The first kappa shape index (κ1) is 19.0. The monoisotopic (exact) mass is 390 g/mol. The summed E-state index contributed by atoms with van der Waals surface area (Å²) in [6, 6.07) is 8.26. The standard InChI is InChI=1S/C19H22N2O5S/c1-12-9-16(25-4)10-13(2)19(12)27(23,24)20-15-5-6-17-18(11-15)26-8-7-21(17)14(3)22/h5-6,9-11,20H,7-8H2,1-4H3. The molecule has 144 valence electrons. The fraction of sp³-hybridized carbons (Fsp3) is 0.316. The molecule has 0 aliphatic carbocycles. The van der Waals surface area contributed by atoms with E-state index in [1.165, 1.54) is 14.0 Å². The molecule has 0 bridgehead atoms. The third-order valence-corrected chi connectivity index (χ3v) is 6.08. The molecule has 0 aromatic heterocycles. The van der Waals surface area contributed by atoms with E-state index in [1.54, 1.807) is 49.1 Å². The predicted molar refractivity (Wildman–Crippen MR) is 103 cm³/mol. The highest BCUT2D eigenvalue weighted by Gasteiger charge is 2.24. The van der Waals surface area contributed by atoms with Crippen LogP contribution in [0.2, 0.25) is 0 Å². The average molecular weight is 390 g/mol. The van der Waals surface area contributed by atoms with Gasteiger partial charge in [0.15, 0.2) is 0 Å². The molecule has 3 rings (SSSR count). The van der Waals surface area contributed by atoms with Crippen LogP contribution in [0.4, 0.5) is 11.4 Å². The molecule has 7 nitrogen and oxygen atoms in total. The second-order valence-electron chi connectivity index (χ2n) is 6.40. The van der Waals surface area contributed by atoms with Crippen molar-refractivity contribution in [1.29, 1.82) is 0 Å². The quantitative estimate of drug-likeness (QED) is 0.868. The molecule has 0 radical (unpaired) electrons. The van der Waals surface area contributed by atoms with E-state index in [1.807, 2.05) is 0 Å². The molecule has 0 unspecified atom stereocenters. The number of nitrogens with one attached hydrogen (secondary N) is 1. The van der Waals surface area contributed by atoms with Crippen LogP contribution in [0, 0.1) is 13.8 Å². The van der Waals surface area contributed by atoms with Crippen molar-refractivity contribution in [3.05, 3.63) is 41.5 Å². The van der Waals surface area contributed by atoms with Crippen molar-refractivity contribution in [1.82, 2.24) is 0 Å². The van der Waals surface area contributed by atoms with Gasteiger partial charge in [0.2, 0.25) is 5.91 Å². The van der Waals surface area contributed by atoms with Crippen molar-refractivity contribution in [2.45, 2.75) is 25.7 Å². The Hall–Kier alpha value is -2.74. The van der Waals surface area contributed by atoms with Crippen LogP contribution in [0.1, 0.15) is 18.1 Å². The normalized spacial score (nSPS) is 13.6. The minimum absolute atomic E-state index is 0.0858. The molecule has 0 saturated heterocycles. The molecule has 0 spiro atoms. The number of anilines is 2. The van der Waals surface area contributed by atoms with Crippen molar-refractivity contribution in [3.8, 4) is 11.5 Å². The van der Waals surface area contributed by atoms with Crippen LogP contribution in [0.5, 0.6) is 11.5 Å². The summed E-state index contributed by atoms with van der Waals surface area (Å²) in [7, 11) is -2.26. The molecular weight excluding hydrogens is 368 g/mol. The Labute approximate surface area is 158 Å². The van der Waals surface area contributed by atoms with E-state index in [9.17, 15) is 13.2 Å². The topological polar surface area (TPSA) is 84.9 Å². The van der Waals surface area contributed by atoms with Crippen LogP contribution in [0.15, 0.2) is 35.2 Å². The highest BCUT2D eigenvalue weighted by molar-refractivity contribution is 7.92. The van der Waals surface area contributed by atoms with Crippen LogP contribution in [0.3, 0.4) is 0 Å². The summed E-state index contributed by atoms with van der Waals surface area (Å²) in [5.41, 5.74) is 2.19. The number of hydrogen-bond donors (Lipinski definition) is 1. The molecule has 1 aliphatic rings. The molecule has 0 saturated carbocycles. The number of benzene rings is 2. The lowest BCUT2D eigenvalue weighted by Crippen LogP contribution is -2.36. The van der Waals surface area contributed by atoms with Gasteiger partial charge < -0.3 is 14.4 Å². The van der Waals surface area contributed by atoms with Gasteiger partial charge >= 0.3 is 0 Å². The lowest BCUT2D eigenvalue weighted by Gasteiger charge is -2.29. The number of rotatable bonds is 4. The van der Waals surface area contributed by atoms with Crippen molar-refractivity contribution >= 4 is 27.3 Å². The first-order chi connectivity index (χ1) is 12.7. The molecule has 1 amide bonds. The van der Waals surface area contributed by atoms with Gasteiger partial charge in [0.1, 0.15) is 18.1 Å².